The summed E-state index contributed by atoms with van der Waals surface area (Å²) in [5, 5.41) is 4.78. The lowest BCUT2D eigenvalue weighted by Crippen LogP contribution is -2.04. The number of nitrogens with zero attached hydrogens (tertiary/aromatic N) is 2. The zero-order valence-electron chi connectivity index (χ0n) is 12.2. The van der Waals surface area contributed by atoms with Gasteiger partial charge in [0, 0.05) is 29.3 Å². The molecule has 2 N–H and O–H groups in total. The van der Waals surface area contributed by atoms with Gasteiger partial charge in [-0.1, -0.05) is 30.3 Å². The Morgan fingerprint density at radius 2 is 2.00 bits per heavy atom. The van der Waals surface area contributed by atoms with Gasteiger partial charge in [-0.3, -0.25) is 0 Å². The largest absolute Gasteiger partial charge is 0.493 e. The first kappa shape index (κ1) is 14.9. The summed E-state index contributed by atoms with van der Waals surface area (Å²) in [6.07, 6.45) is 3.74. The van der Waals surface area contributed by atoms with Gasteiger partial charge >= 0.3 is 0 Å². The molecule has 114 valence electrons. The minimum atomic E-state index is 0. The Morgan fingerprint density at radius 1 is 1.18 bits per heavy atom. The second-order valence-electron chi connectivity index (χ2n) is 5.28. The summed E-state index contributed by atoms with van der Waals surface area (Å²) in [5.41, 5.74) is 11.7. The van der Waals surface area contributed by atoms with Crippen molar-refractivity contribution in [2.24, 2.45) is 5.73 Å². The zero-order chi connectivity index (χ0) is 14.2. The molecule has 0 aliphatic carbocycles. The SMILES string of the molecule is Cl.NCCc1c(-c2ccccc2)nn2ccc3c(c12)CCO3. The Bertz CT molecular complexity index is 799. The van der Waals surface area contributed by atoms with E-state index in [0.29, 0.717) is 6.54 Å². The average molecular weight is 316 g/mol. The van der Waals surface area contributed by atoms with Gasteiger partial charge in [-0.05, 0) is 19.0 Å². The van der Waals surface area contributed by atoms with E-state index in [1.54, 1.807) is 0 Å². The standard InChI is InChI=1S/C17H17N3O.ClH/c18-9-6-14-16(12-4-2-1-3-5-12)19-20-10-7-15-13(17(14)20)8-11-21-15;/h1-5,7,10H,6,8-9,11,18H2;1H. The lowest BCUT2D eigenvalue weighted by molar-refractivity contribution is 0.356. The smallest absolute Gasteiger partial charge is 0.126 e. The van der Waals surface area contributed by atoms with Gasteiger partial charge < -0.3 is 10.5 Å². The first-order chi connectivity index (χ1) is 10.4. The number of hydrogen-bond donors (Lipinski definition) is 1. The molecule has 4 rings (SSSR count). The van der Waals surface area contributed by atoms with Gasteiger partial charge in [-0.25, -0.2) is 4.52 Å². The summed E-state index contributed by atoms with van der Waals surface area (Å²) in [6, 6.07) is 12.3. The topological polar surface area (TPSA) is 52.5 Å². The van der Waals surface area contributed by atoms with Crippen molar-refractivity contribution in [3.8, 4) is 17.0 Å². The predicted octanol–water partition coefficient (Wildman–Crippen LogP) is 2.86. The average Bonchev–Trinajstić information content (AvgIpc) is 3.12. The van der Waals surface area contributed by atoms with Crippen LogP contribution in [0.25, 0.3) is 16.8 Å². The Labute approximate surface area is 135 Å². The van der Waals surface area contributed by atoms with Crippen LogP contribution >= 0.6 is 12.4 Å². The summed E-state index contributed by atoms with van der Waals surface area (Å²) in [5.74, 6) is 0.986. The van der Waals surface area contributed by atoms with E-state index in [1.807, 2.05) is 35.0 Å². The van der Waals surface area contributed by atoms with Crippen LogP contribution in [-0.4, -0.2) is 22.8 Å². The minimum Gasteiger partial charge on any atom is -0.493 e. The molecule has 4 nitrogen and oxygen atoms in total. The molecule has 1 aromatic carbocycles. The van der Waals surface area contributed by atoms with Crippen molar-refractivity contribution in [1.29, 1.82) is 0 Å². The van der Waals surface area contributed by atoms with Crippen molar-refractivity contribution in [2.45, 2.75) is 12.8 Å². The van der Waals surface area contributed by atoms with E-state index in [2.05, 4.69) is 12.1 Å². The highest BCUT2D eigenvalue weighted by Gasteiger charge is 2.22. The highest BCUT2D eigenvalue weighted by molar-refractivity contribution is 5.85. The lowest BCUT2D eigenvalue weighted by atomic mass is 10.0. The van der Waals surface area contributed by atoms with Crippen LogP contribution < -0.4 is 10.5 Å². The normalized spacial score (nSPS) is 12.8. The molecular weight excluding hydrogens is 298 g/mol. The molecule has 1 aliphatic heterocycles. The summed E-state index contributed by atoms with van der Waals surface area (Å²) in [4.78, 5) is 0. The van der Waals surface area contributed by atoms with Crippen molar-refractivity contribution in [3.63, 3.8) is 0 Å². The Morgan fingerprint density at radius 3 is 2.77 bits per heavy atom. The number of pyridine rings is 1. The molecule has 22 heavy (non-hydrogen) atoms. The third-order valence-electron chi connectivity index (χ3n) is 4.01. The van der Waals surface area contributed by atoms with Crippen molar-refractivity contribution in [2.75, 3.05) is 13.2 Å². The molecule has 2 aromatic heterocycles. The van der Waals surface area contributed by atoms with Gasteiger partial charge in [0.15, 0.2) is 0 Å². The fourth-order valence-electron chi connectivity index (χ4n) is 3.10. The summed E-state index contributed by atoms with van der Waals surface area (Å²) in [6.45, 7) is 1.37. The number of rotatable bonds is 3. The van der Waals surface area contributed by atoms with E-state index in [0.717, 1.165) is 36.5 Å². The minimum absolute atomic E-state index is 0. The number of fused-ring (bicyclic) bond motifs is 3. The van der Waals surface area contributed by atoms with Crippen molar-refractivity contribution in [1.82, 2.24) is 9.61 Å². The molecule has 0 spiro atoms. The third-order valence-corrected chi connectivity index (χ3v) is 4.01. The number of ether oxygens (including phenoxy) is 1. The molecule has 0 atom stereocenters. The van der Waals surface area contributed by atoms with Crippen molar-refractivity contribution < 1.29 is 4.74 Å². The highest BCUT2D eigenvalue weighted by Crippen LogP contribution is 2.35. The summed E-state index contributed by atoms with van der Waals surface area (Å²) >= 11 is 0. The van der Waals surface area contributed by atoms with Crippen LogP contribution in [0.15, 0.2) is 42.6 Å². The Kier molecular flexibility index (Phi) is 4.05. The number of hydrogen-bond acceptors (Lipinski definition) is 3. The molecule has 3 aromatic rings. The third kappa shape index (κ3) is 2.25. The molecule has 1 aliphatic rings. The molecule has 0 unspecified atom stereocenters. The number of benzene rings is 1. The van der Waals surface area contributed by atoms with E-state index >= 15 is 0 Å². The first-order valence-corrected chi connectivity index (χ1v) is 7.30. The maximum absolute atomic E-state index is 5.83. The van der Waals surface area contributed by atoms with E-state index in [4.69, 9.17) is 15.6 Å². The quantitative estimate of drug-likeness (QED) is 0.808. The molecule has 0 fully saturated rings. The Balaban J connectivity index is 0.00000144. The predicted molar refractivity (Wildman–Crippen MR) is 89.8 cm³/mol. The van der Waals surface area contributed by atoms with Gasteiger partial charge in [0.2, 0.25) is 0 Å². The molecule has 0 radical (unpaired) electrons. The maximum Gasteiger partial charge on any atom is 0.126 e. The second kappa shape index (κ2) is 5.99. The van der Waals surface area contributed by atoms with E-state index < -0.39 is 0 Å². The van der Waals surface area contributed by atoms with Crippen LogP contribution in [0.3, 0.4) is 0 Å². The van der Waals surface area contributed by atoms with Gasteiger partial charge in [0.1, 0.15) is 5.75 Å². The van der Waals surface area contributed by atoms with Gasteiger partial charge in [-0.2, -0.15) is 5.10 Å². The fraction of sp³-hybridized carbons (Fsp3) is 0.235. The second-order valence-corrected chi connectivity index (χ2v) is 5.28. The molecule has 0 bridgehead atoms. The zero-order valence-corrected chi connectivity index (χ0v) is 13.0. The Hall–Kier alpha value is -2.04. The maximum atomic E-state index is 5.83. The number of nitrogens with two attached hydrogens (primary N) is 1. The van der Waals surface area contributed by atoms with E-state index in [9.17, 15) is 0 Å². The van der Waals surface area contributed by atoms with E-state index in [1.165, 1.54) is 16.6 Å². The molecule has 5 heteroatoms. The lowest BCUT2D eigenvalue weighted by Gasteiger charge is -2.04. The monoisotopic (exact) mass is 315 g/mol. The van der Waals surface area contributed by atoms with Crippen LogP contribution in [0.4, 0.5) is 0 Å². The summed E-state index contributed by atoms with van der Waals surface area (Å²) < 4.78 is 7.66. The van der Waals surface area contributed by atoms with Crippen LogP contribution in [0.1, 0.15) is 11.1 Å². The van der Waals surface area contributed by atoms with Crippen LogP contribution in [0.2, 0.25) is 0 Å². The first-order valence-electron chi connectivity index (χ1n) is 7.30. The highest BCUT2D eigenvalue weighted by atomic mass is 35.5. The van der Waals surface area contributed by atoms with Crippen LogP contribution in [-0.2, 0) is 12.8 Å². The molecular formula is C17H18ClN3O. The number of halogens is 1. The van der Waals surface area contributed by atoms with Gasteiger partial charge in [0.05, 0.1) is 17.8 Å². The summed E-state index contributed by atoms with van der Waals surface area (Å²) in [7, 11) is 0. The number of aromatic nitrogens is 2. The van der Waals surface area contributed by atoms with Crippen LogP contribution in [0, 0.1) is 0 Å². The van der Waals surface area contributed by atoms with Gasteiger partial charge in [0.25, 0.3) is 0 Å². The van der Waals surface area contributed by atoms with Crippen LogP contribution in [0.5, 0.6) is 5.75 Å². The fourth-order valence-corrected chi connectivity index (χ4v) is 3.10. The molecule has 0 amide bonds. The van der Waals surface area contributed by atoms with E-state index in [-0.39, 0.29) is 12.4 Å². The molecule has 0 saturated heterocycles. The molecule has 3 heterocycles. The van der Waals surface area contributed by atoms with Crippen molar-refractivity contribution in [3.05, 3.63) is 53.7 Å². The molecule has 0 saturated carbocycles. The van der Waals surface area contributed by atoms with Gasteiger partial charge in [-0.15, -0.1) is 12.4 Å². The van der Waals surface area contributed by atoms with Crippen molar-refractivity contribution >= 4 is 17.9 Å².